The summed E-state index contributed by atoms with van der Waals surface area (Å²) in [6.07, 6.45) is 4.87. The molecule has 0 amide bonds. The molecule has 0 heterocycles. The first-order chi connectivity index (χ1) is 10.8. The third-order valence-electron chi connectivity index (χ3n) is 4.84. The van der Waals surface area contributed by atoms with Gasteiger partial charge in [0, 0.05) is 17.3 Å². The van der Waals surface area contributed by atoms with Crippen LogP contribution >= 0.6 is 12.2 Å². The smallest absolute Gasteiger partial charge is 0.170 e. The molecule has 1 fully saturated rings. The molecule has 126 valence electrons. The van der Waals surface area contributed by atoms with E-state index in [1.54, 1.807) is 6.92 Å². The van der Waals surface area contributed by atoms with Crippen LogP contribution in [0.5, 0.6) is 0 Å². The third kappa shape index (κ3) is 5.31. The largest absolute Gasteiger partial charge is 0.360 e. The number of benzene rings is 1. The second-order valence-corrected chi connectivity index (χ2v) is 8.05. The lowest BCUT2D eigenvalue weighted by molar-refractivity contribution is 0.101. The molecule has 0 spiro atoms. The molecule has 1 aromatic carbocycles. The number of rotatable bonds is 3. The minimum Gasteiger partial charge on any atom is -0.360 e. The van der Waals surface area contributed by atoms with Gasteiger partial charge < -0.3 is 10.6 Å². The van der Waals surface area contributed by atoms with Gasteiger partial charge in [0.2, 0.25) is 0 Å². The fourth-order valence-electron chi connectivity index (χ4n) is 3.24. The number of anilines is 1. The van der Waals surface area contributed by atoms with Gasteiger partial charge in [0.25, 0.3) is 0 Å². The molecular formula is C19H28N2OS. The highest BCUT2D eigenvalue weighted by Gasteiger charge is 2.29. The zero-order chi connectivity index (χ0) is 17.0. The van der Waals surface area contributed by atoms with Crippen molar-refractivity contribution < 1.29 is 4.79 Å². The van der Waals surface area contributed by atoms with Crippen molar-refractivity contribution in [3.63, 3.8) is 0 Å². The first-order valence-electron chi connectivity index (χ1n) is 8.44. The van der Waals surface area contributed by atoms with Crippen molar-refractivity contribution in [3.05, 3.63) is 29.8 Å². The fourth-order valence-corrected chi connectivity index (χ4v) is 3.53. The Bertz CT molecular complexity index is 552. The summed E-state index contributed by atoms with van der Waals surface area (Å²) in [5.41, 5.74) is 2.04. The fraction of sp³-hybridized carbons (Fsp3) is 0.579. The van der Waals surface area contributed by atoms with E-state index in [1.807, 2.05) is 24.3 Å². The maximum atomic E-state index is 11.3. The van der Waals surface area contributed by atoms with E-state index >= 15 is 0 Å². The summed E-state index contributed by atoms with van der Waals surface area (Å²) in [4.78, 5) is 11.3. The highest BCUT2D eigenvalue weighted by Crippen LogP contribution is 2.37. The summed E-state index contributed by atoms with van der Waals surface area (Å²) in [6.45, 7) is 8.58. The van der Waals surface area contributed by atoms with Crippen molar-refractivity contribution in [3.8, 4) is 0 Å². The van der Waals surface area contributed by atoms with E-state index < -0.39 is 0 Å². The quantitative estimate of drug-likeness (QED) is 0.617. The van der Waals surface area contributed by atoms with Crippen LogP contribution in [0.1, 0.15) is 63.7 Å². The number of ketones is 1. The number of thiocarbonyl (C=S) groups is 1. The van der Waals surface area contributed by atoms with Crippen molar-refractivity contribution >= 4 is 28.8 Å². The number of carbonyl (C=O) groups is 1. The summed E-state index contributed by atoms with van der Waals surface area (Å²) in [6, 6.07) is 7.89. The summed E-state index contributed by atoms with van der Waals surface area (Å²) in [7, 11) is 0. The second kappa shape index (κ2) is 7.43. The predicted octanol–water partition coefficient (Wildman–Crippen LogP) is 4.78. The Morgan fingerprint density at radius 2 is 1.65 bits per heavy atom. The summed E-state index contributed by atoms with van der Waals surface area (Å²) in [5.74, 6) is 0.883. The molecule has 0 saturated heterocycles. The monoisotopic (exact) mass is 332 g/mol. The molecule has 0 atom stereocenters. The molecule has 2 N–H and O–H groups in total. The summed E-state index contributed by atoms with van der Waals surface area (Å²) in [5, 5.41) is 7.30. The molecule has 1 aromatic rings. The maximum Gasteiger partial charge on any atom is 0.170 e. The molecule has 0 bridgehead atoms. The average molecular weight is 333 g/mol. The van der Waals surface area contributed by atoms with Crippen molar-refractivity contribution in [1.29, 1.82) is 0 Å². The molecule has 1 aliphatic rings. The molecule has 23 heavy (non-hydrogen) atoms. The lowest BCUT2D eigenvalue weighted by Gasteiger charge is -2.37. The highest BCUT2D eigenvalue weighted by atomic mass is 32.1. The van der Waals surface area contributed by atoms with Crippen molar-refractivity contribution in [2.45, 2.75) is 59.4 Å². The predicted molar refractivity (Wildman–Crippen MR) is 101 cm³/mol. The first-order valence-corrected chi connectivity index (χ1v) is 8.85. The number of nitrogens with one attached hydrogen (secondary N) is 2. The lowest BCUT2D eigenvalue weighted by Crippen LogP contribution is -2.41. The Labute approximate surface area is 145 Å². The van der Waals surface area contributed by atoms with Crippen LogP contribution in [-0.4, -0.2) is 16.9 Å². The van der Waals surface area contributed by atoms with Crippen LogP contribution in [0.3, 0.4) is 0 Å². The van der Waals surface area contributed by atoms with Crippen LogP contribution in [0.4, 0.5) is 5.69 Å². The minimum atomic E-state index is 0.0767. The van der Waals surface area contributed by atoms with Crippen molar-refractivity contribution in [2.75, 3.05) is 5.32 Å². The molecular weight excluding hydrogens is 304 g/mol. The number of hydrogen-bond acceptors (Lipinski definition) is 2. The average Bonchev–Trinajstić information content (AvgIpc) is 2.47. The van der Waals surface area contributed by atoms with Gasteiger partial charge in [-0.25, -0.2) is 0 Å². The molecule has 0 unspecified atom stereocenters. The van der Waals surface area contributed by atoms with Crippen LogP contribution in [0.25, 0.3) is 0 Å². The van der Waals surface area contributed by atoms with E-state index in [0.29, 0.717) is 16.6 Å². The lowest BCUT2D eigenvalue weighted by atomic mass is 9.71. The molecule has 0 radical (unpaired) electrons. The van der Waals surface area contributed by atoms with Gasteiger partial charge in [-0.3, -0.25) is 4.79 Å². The van der Waals surface area contributed by atoms with E-state index in [2.05, 4.69) is 31.4 Å². The molecule has 1 saturated carbocycles. The number of carbonyl (C=O) groups excluding carboxylic acids is 1. The molecule has 0 aromatic heterocycles. The van der Waals surface area contributed by atoms with E-state index in [9.17, 15) is 4.79 Å². The SMILES string of the molecule is CC(=O)c1ccc(NC(=S)NC2CCC(C(C)(C)C)CC2)cc1. The Morgan fingerprint density at radius 1 is 1.09 bits per heavy atom. The second-order valence-electron chi connectivity index (χ2n) is 7.65. The van der Waals surface area contributed by atoms with Gasteiger partial charge in [0.05, 0.1) is 0 Å². The first kappa shape index (κ1) is 17.9. The van der Waals surface area contributed by atoms with Crippen LogP contribution in [0.15, 0.2) is 24.3 Å². The van der Waals surface area contributed by atoms with Gasteiger partial charge in [0.15, 0.2) is 10.9 Å². The van der Waals surface area contributed by atoms with Gasteiger partial charge in [-0.2, -0.15) is 0 Å². The van der Waals surface area contributed by atoms with Crippen molar-refractivity contribution in [2.24, 2.45) is 11.3 Å². The van der Waals surface area contributed by atoms with Crippen LogP contribution < -0.4 is 10.6 Å². The molecule has 4 heteroatoms. The normalized spacial score (nSPS) is 21.6. The zero-order valence-corrected chi connectivity index (χ0v) is 15.4. The van der Waals surface area contributed by atoms with Crippen molar-refractivity contribution in [1.82, 2.24) is 5.32 Å². The van der Waals surface area contributed by atoms with Gasteiger partial charge in [0.1, 0.15) is 0 Å². The maximum absolute atomic E-state index is 11.3. The zero-order valence-electron chi connectivity index (χ0n) is 14.6. The van der Waals surface area contributed by atoms with Gasteiger partial charge >= 0.3 is 0 Å². The summed E-state index contributed by atoms with van der Waals surface area (Å²) < 4.78 is 0. The topological polar surface area (TPSA) is 41.1 Å². The number of Topliss-reactive ketones (excluding diaryl/α,β-unsaturated/α-hetero) is 1. The van der Waals surface area contributed by atoms with E-state index in [-0.39, 0.29) is 5.78 Å². The third-order valence-corrected chi connectivity index (χ3v) is 5.06. The minimum absolute atomic E-state index is 0.0767. The Balaban J connectivity index is 1.80. The standard InChI is InChI=1S/C19H28N2OS/c1-13(22)14-5-9-16(10-6-14)20-18(23)21-17-11-7-15(8-12-17)19(2,3)4/h5-6,9-10,15,17H,7-8,11-12H2,1-4H3,(H2,20,21,23). The van der Waals surface area contributed by atoms with Crippen LogP contribution in [0, 0.1) is 11.3 Å². The molecule has 2 rings (SSSR count). The Morgan fingerprint density at radius 3 is 2.13 bits per heavy atom. The highest BCUT2D eigenvalue weighted by molar-refractivity contribution is 7.80. The van der Waals surface area contributed by atoms with Gasteiger partial charge in [-0.1, -0.05) is 20.8 Å². The molecule has 1 aliphatic carbocycles. The van der Waals surface area contributed by atoms with E-state index in [1.165, 1.54) is 25.7 Å². The molecule has 0 aliphatic heterocycles. The summed E-state index contributed by atoms with van der Waals surface area (Å²) >= 11 is 5.41. The number of hydrogen-bond donors (Lipinski definition) is 2. The van der Waals surface area contributed by atoms with E-state index in [4.69, 9.17) is 12.2 Å². The van der Waals surface area contributed by atoms with Crippen LogP contribution in [-0.2, 0) is 0 Å². The molecule has 3 nitrogen and oxygen atoms in total. The Hall–Kier alpha value is -1.42. The van der Waals surface area contributed by atoms with Crippen LogP contribution in [0.2, 0.25) is 0 Å². The van der Waals surface area contributed by atoms with E-state index in [0.717, 1.165) is 17.2 Å². The Kier molecular flexibility index (Phi) is 5.79. The van der Waals surface area contributed by atoms with Gasteiger partial charge in [-0.05, 0) is 80.4 Å². The van der Waals surface area contributed by atoms with Gasteiger partial charge in [-0.15, -0.1) is 0 Å².